The number of thiophene rings is 3. The van der Waals surface area contributed by atoms with Crippen molar-refractivity contribution in [2.45, 2.75) is 27.7 Å². The zero-order chi connectivity index (χ0) is 38.6. The predicted molar refractivity (Wildman–Crippen MR) is 245 cm³/mol. The molecule has 0 aliphatic rings. The molecule has 0 radical (unpaired) electrons. The molecule has 2 nitrogen and oxygen atoms in total. The van der Waals surface area contributed by atoms with E-state index in [1.54, 1.807) is 14.2 Å². The molecule has 0 saturated carbocycles. The maximum Gasteiger partial charge on any atom is 0.127 e. The van der Waals surface area contributed by atoms with Crippen LogP contribution < -0.4 is 9.47 Å². The molecule has 3 aromatic heterocycles. The highest BCUT2D eigenvalue weighted by atomic mass is 32.1. The molecule has 0 fully saturated rings. The summed E-state index contributed by atoms with van der Waals surface area (Å²) in [5, 5.41) is 0. The van der Waals surface area contributed by atoms with E-state index in [2.05, 4.69) is 148 Å². The van der Waals surface area contributed by atoms with Gasteiger partial charge in [0.05, 0.1) is 33.0 Å². The molecule has 0 aliphatic carbocycles. The number of hydrogen-bond donors (Lipinski definition) is 0. The smallest absolute Gasteiger partial charge is 0.127 e. The van der Waals surface area contributed by atoms with Crippen LogP contribution in [-0.2, 0) is 0 Å². The van der Waals surface area contributed by atoms with Gasteiger partial charge in [0.1, 0.15) is 11.5 Å². The van der Waals surface area contributed by atoms with Gasteiger partial charge in [-0.3, -0.25) is 0 Å². The molecule has 0 atom stereocenters. The Hall–Kier alpha value is -5.46. The third-order valence-corrected chi connectivity index (χ3v) is 14.0. The average molecular weight is 773 g/mol. The lowest BCUT2D eigenvalue weighted by atomic mass is 9.92. The zero-order valence-corrected chi connectivity index (χ0v) is 34.6. The molecule has 0 spiro atoms. The van der Waals surface area contributed by atoms with Gasteiger partial charge in [0.25, 0.3) is 0 Å². The summed E-state index contributed by atoms with van der Waals surface area (Å²) < 4.78 is 17.5. The molecule has 55 heavy (non-hydrogen) atoms. The summed E-state index contributed by atoms with van der Waals surface area (Å²) in [6, 6.07) is 30.2. The molecule has 5 heteroatoms. The maximum atomic E-state index is 6.15. The fourth-order valence-electron chi connectivity index (χ4n) is 7.50. The lowest BCUT2D eigenvalue weighted by Crippen LogP contribution is -1.96. The van der Waals surface area contributed by atoms with Gasteiger partial charge >= 0.3 is 0 Å². The van der Waals surface area contributed by atoms with E-state index in [1.165, 1.54) is 61.9 Å². The first-order chi connectivity index (χ1) is 26.9. The second-order valence-corrected chi connectivity index (χ2v) is 16.2. The van der Waals surface area contributed by atoms with Crippen molar-refractivity contribution in [1.82, 2.24) is 0 Å². The van der Waals surface area contributed by atoms with Crippen molar-refractivity contribution in [1.29, 1.82) is 0 Å². The zero-order valence-electron chi connectivity index (χ0n) is 32.2. The number of fused-ring (bicyclic) bond motifs is 3. The number of methoxy groups -OCH3 is 2. The van der Waals surface area contributed by atoms with E-state index in [0.717, 1.165) is 44.9 Å². The summed E-state index contributed by atoms with van der Waals surface area (Å²) in [7, 11) is 3.54. The third-order valence-electron chi connectivity index (χ3n) is 9.92. The lowest BCUT2D eigenvalue weighted by molar-refractivity contribution is 0.416. The van der Waals surface area contributed by atoms with Crippen molar-refractivity contribution in [3.63, 3.8) is 0 Å². The Morgan fingerprint density at radius 2 is 0.909 bits per heavy atom. The normalized spacial score (nSPS) is 12.4. The fraction of sp³-hybridized carbons (Fsp3) is 0.120. The Morgan fingerprint density at radius 1 is 0.509 bits per heavy atom. The van der Waals surface area contributed by atoms with Gasteiger partial charge in [-0.05, 0) is 84.4 Å². The Kier molecular flexibility index (Phi) is 11.4. The van der Waals surface area contributed by atoms with Crippen LogP contribution in [0.1, 0.15) is 36.1 Å². The monoisotopic (exact) mass is 772 g/mol. The Morgan fingerprint density at radius 3 is 1.25 bits per heavy atom. The van der Waals surface area contributed by atoms with Crippen LogP contribution in [0.5, 0.6) is 11.5 Å². The van der Waals surface area contributed by atoms with Crippen LogP contribution in [0, 0.1) is 13.8 Å². The van der Waals surface area contributed by atoms with E-state index in [4.69, 9.17) is 9.47 Å². The summed E-state index contributed by atoms with van der Waals surface area (Å²) in [6.45, 7) is 16.5. The molecular formula is C50H44O2S3. The fourth-order valence-corrected chi connectivity index (χ4v) is 12.3. The second kappa shape index (κ2) is 16.5. The second-order valence-electron chi connectivity index (χ2n) is 13.1. The summed E-state index contributed by atoms with van der Waals surface area (Å²) in [6.07, 6.45) is 16.3. The lowest BCUT2D eigenvalue weighted by Gasteiger charge is -2.17. The van der Waals surface area contributed by atoms with E-state index in [0.29, 0.717) is 0 Å². The molecule has 0 amide bonds. The third kappa shape index (κ3) is 6.78. The minimum atomic E-state index is 0.862. The topological polar surface area (TPSA) is 18.5 Å². The minimum Gasteiger partial charge on any atom is -0.496 e. The van der Waals surface area contributed by atoms with Crippen molar-refractivity contribution in [2.75, 3.05) is 14.2 Å². The van der Waals surface area contributed by atoms with Crippen LogP contribution in [0.15, 0.2) is 147 Å². The van der Waals surface area contributed by atoms with E-state index in [9.17, 15) is 0 Å². The van der Waals surface area contributed by atoms with E-state index >= 15 is 0 Å². The predicted octanol–water partition coefficient (Wildman–Crippen LogP) is 15.8. The summed E-state index contributed by atoms with van der Waals surface area (Å²) in [5.74, 6) is 1.72. The first-order valence-electron chi connectivity index (χ1n) is 18.3. The van der Waals surface area contributed by atoms with Gasteiger partial charge < -0.3 is 9.47 Å². The SMILES string of the molecule is C=C/C=C(\C=C/C)c1ccc(OC)c(-c2sc3c(sc4c(-c5ccccc5)c(-c5c(OC)ccc(C(/C=C\C)=C/C=C)c5C)sc43)c2-c2ccccc2)c1C. The molecular weight excluding hydrogens is 729 g/mol. The Bertz CT molecular complexity index is 2490. The molecule has 0 saturated heterocycles. The molecule has 0 bridgehead atoms. The molecule has 4 aromatic carbocycles. The molecule has 0 aliphatic heterocycles. The quantitative estimate of drug-likeness (QED) is 0.115. The molecule has 0 N–H and O–H groups in total. The van der Waals surface area contributed by atoms with Crippen molar-refractivity contribution in [2.24, 2.45) is 0 Å². The highest BCUT2D eigenvalue weighted by molar-refractivity contribution is 7.41. The van der Waals surface area contributed by atoms with Gasteiger partial charge in [-0.15, -0.1) is 34.0 Å². The van der Waals surface area contributed by atoms with Gasteiger partial charge in [0.2, 0.25) is 0 Å². The molecule has 3 heterocycles. The Balaban J connectivity index is 1.60. The number of benzene rings is 4. The first-order valence-corrected chi connectivity index (χ1v) is 20.8. The molecule has 274 valence electrons. The summed E-state index contributed by atoms with van der Waals surface area (Å²) in [4.78, 5) is 2.42. The van der Waals surface area contributed by atoms with E-state index < -0.39 is 0 Å². The van der Waals surface area contributed by atoms with Crippen LogP contribution in [0.4, 0.5) is 0 Å². The number of hydrogen-bond acceptors (Lipinski definition) is 5. The van der Waals surface area contributed by atoms with Crippen LogP contribution in [0.25, 0.3) is 73.1 Å². The van der Waals surface area contributed by atoms with Crippen LogP contribution in [0.3, 0.4) is 0 Å². The minimum absolute atomic E-state index is 0.862. The van der Waals surface area contributed by atoms with Crippen molar-refractivity contribution in [3.8, 4) is 54.6 Å². The van der Waals surface area contributed by atoms with Crippen LogP contribution in [-0.4, -0.2) is 14.2 Å². The van der Waals surface area contributed by atoms with Crippen molar-refractivity contribution < 1.29 is 9.47 Å². The van der Waals surface area contributed by atoms with Gasteiger partial charge in [-0.25, -0.2) is 0 Å². The molecule has 7 rings (SSSR count). The van der Waals surface area contributed by atoms with Crippen molar-refractivity contribution in [3.05, 3.63) is 169 Å². The van der Waals surface area contributed by atoms with Crippen LogP contribution >= 0.6 is 34.0 Å². The highest BCUT2D eigenvalue weighted by Crippen LogP contribution is 2.59. The molecule has 7 aromatic rings. The van der Waals surface area contributed by atoms with E-state index in [-0.39, 0.29) is 0 Å². The maximum absolute atomic E-state index is 6.15. The summed E-state index contributed by atoms with van der Waals surface area (Å²) in [5.41, 5.74) is 14.0. The van der Waals surface area contributed by atoms with Gasteiger partial charge in [-0.2, -0.15) is 0 Å². The van der Waals surface area contributed by atoms with Gasteiger partial charge in [0.15, 0.2) is 0 Å². The van der Waals surface area contributed by atoms with E-state index in [1.807, 2.05) is 60.0 Å². The number of allylic oxidation sites excluding steroid dienone is 10. The van der Waals surface area contributed by atoms with Gasteiger partial charge in [0, 0.05) is 32.0 Å². The van der Waals surface area contributed by atoms with Gasteiger partial charge in [-0.1, -0.05) is 135 Å². The highest BCUT2D eigenvalue weighted by Gasteiger charge is 2.29. The summed E-state index contributed by atoms with van der Waals surface area (Å²) >= 11 is 5.63. The number of ether oxygens (including phenoxy) is 2. The first kappa shape index (κ1) is 37.8. The Labute approximate surface area is 337 Å². The number of rotatable bonds is 12. The standard InChI is InChI=1S/C50H44O2S3/c1-9-19-33(20-10-2)37-27-29-39(51-7)41(31(37)5)45-43(35-23-15-13-16-24-35)47-49(53-45)50-48(55-47)44(36-25-17-14-18-26-36)46(54-50)42-32(6)38(28-30-40(42)52-8)34(21-11-3)22-12-4/h9-30H,1,3H2,2,4-8H3/b20-10-,22-12-,33-19+,34-21+. The molecule has 0 unspecified atom stereocenters. The average Bonchev–Trinajstić information content (AvgIpc) is 3.86. The van der Waals surface area contributed by atoms with Crippen LogP contribution in [0.2, 0.25) is 0 Å². The van der Waals surface area contributed by atoms with Crippen molar-refractivity contribution >= 4 is 64.0 Å². The largest absolute Gasteiger partial charge is 0.496 e.